The summed E-state index contributed by atoms with van der Waals surface area (Å²) in [6.45, 7) is 0. The van der Waals surface area contributed by atoms with E-state index in [0.29, 0.717) is 5.56 Å². The maximum Gasteiger partial charge on any atom is 0.446 e. The van der Waals surface area contributed by atoms with Crippen LogP contribution in [0, 0.1) is 11.3 Å². The number of esters is 2. The first-order valence-electron chi connectivity index (χ1n) is 9.64. The normalized spacial score (nSPS) is 16.2. The Bertz CT molecular complexity index is 1220. The average molecular weight is 489 g/mol. The van der Waals surface area contributed by atoms with Crippen LogP contribution in [0.25, 0.3) is 0 Å². The van der Waals surface area contributed by atoms with Crippen LogP contribution in [0.15, 0.2) is 82.2 Å². The molecule has 2 N–H and O–H groups in total. The number of benzene rings is 2. The molecule has 1 atom stereocenters. The molecular weight excluding hydrogens is 471 g/mol. The van der Waals surface area contributed by atoms with Gasteiger partial charge in [0.05, 0.1) is 37.4 Å². The molecule has 1 heterocycles. The lowest BCUT2D eigenvalue weighted by Gasteiger charge is -2.36. The molecule has 7 nitrogen and oxygen atoms in total. The molecule has 0 saturated carbocycles. The van der Waals surface area contributed by atoms with Crippen LogP contribution in [0.3, 0.4) is 0 Å². The number of thioether (sulfide) groups is 1. The number of carbonyl (C=O) groups excluding carboxylic acids is 2. The van der Waals surface area contributed by atoms with Crippen LogP contribution in [-0.4, -0.2) is 31.7 Å². The van der Waals surface area contributed by atoms with E-state index in [-0.39, 0.29) is 45.0 Å². The summed E-state index contributed by atoms with van der Waals surface area (Å²) in [6.07, 6.45) is 0. The summed E-state index contributed by atoms with van der Waals surface area (Å²) in [7, 11) is 2.18. The molecule has 0 aromatic heterocycles. The molecule has 3 rings (SSSR count). The topological polar surface area (TPSA) is 106 Å². The quantitative estimate of drug-likeness (QED) is 0.492. The molecule has 176 valence electrons. The number of allylic oxidation sites excluding steroid dienone is 1. The Hall–Kier alpha value is -3.91. The van der Waals surface area contributed by atoms with Crippen LogP contribution in [0.4, 0.5) is 18.9 Å². The lowest BCUT2D eigenvalue weighted by molar-refractivity contribution is -0.139. The van der Waals surface area contributed by atoms with Crippen molar-refractivity contribution in [2.45, 2.75) is 16.3 Å². The number of rotatable bonds is 5. The fourth-order valence-electron chi connectivity index (χ4n) is 3.60. The minimum atomic E-state index is -4.56. The Morgan fingerprint density at radius 1 is 1.06 bits per heavy atom. The summed E-state index contributed by atoms with van der Waals surface area (Å²) in [5.74, 6) is -3.23. The SMILES string of the molecule is COC(=O)C1=C(C(=O)OC)N(c2cccc(SC(F)(F)F)c2)C(N)=C(C#N)C1c1ccccc1. The number of nitrogens with two attached hydrogens (primary N) is 1. The van der Waals surface area contributed by atoms with Crippen LogP contribution >= 0.6 is 11.8 Å². The highest BCUT2D eigenvalue weighted by Gasteiger charge is 2.43. The van der Waals surface area contributed by atoms with E-state index in [9.17, 15) is 28.0 Å². The molecule has 0 radical (unpaired) electrons. The Morgan fingerprint density at radius 3 is 2.26 bits per heavy atom. The van der Waals surface area contributed by atoms with Crippen LogP contribution in [0.5, 0.6) is 0 Å². The van der Waals surface area contributed by atoms with Gasteiger partial charge >= 0.3 is 17.4 Å². The Balaban J connectivity index is 2.35. The number of nitrogens with zero attached hydrogens (tertiary/aromatic N) is 2. The van der Waals surface area contributed by atoms with E-state index in [1.54, 1.807) is 30.3 Å². The molecule has 2 aromatic carbocycles. The van der Waals surface area contributed by atoms with Gasteiger partial charge in [0, 0.05) is 10.6 Å². The summed E-state index contributed by atoms with van der Waals surface area (Å²) in [6, 6.07) is 15.4. The molecule has 0 fully saturated rings. The van der Waals surface area contributed by atoms with Gasteiger partial charge in [-0.15, -0.1) is 0 Å². The zero-order valence-corrected chi connectivity index (χ0v) is 18.7. The van der Waals surface area contributed by atoms with Crippen LogP contribution < -0.4 is 10.6 Å². The molecule has 2 aromatic rings. The number of halogens is 3. The Morgan fingerprint density at radius 2 is 1.71 bits per heavy atom. The van der Waals surface area contributed by atoms with Gasteiger partial charge in [-0.1, -0.05) is 36.4 Å². The maximum absolute atomic E-state index is 12.9. The standard InChI is InChI=1S/C23H18F3N3O4S/c1-32-21(30)18-17(13-7-4-3-5-8-13)16(12-27)20(28)29(19(18)22(31)33-2)14-9-6-10-15(11-14)34-23(24,25)26/h3-11,17H,28H2,1-2H3. The molecule has 1 unspecified atom stereocenters. The molecule has 0 amide bonds. The van der Waals surface area contributed by atoms with Gasteiger partial charge in [0.25, 0.3) is 0 Å². The van der Waals surface area contributed by atoms with E-state index in [2.05, 4.69) is 0 Å². The van der Waals surface area contributed by atoms with E-state index in [4.69, 9.17) is 15.2 Å². The Labute approximate surface area is 197 Å². The monoisotopic (exact) mass is 489 g/mol. The first kappa shape index (κ1) is 24.7. The van der Waals surface area contributed by atoms with Crippen molar-refractivity contribution < 1.29 is 32.2 Å². The van der Waals surface area contributed by atoms with Crippen molar-refractivity contribution in [1.82, 2.24) is 0 Å². The van der Waals surface area contributed by atoms with Crippen molar-refractivity contribution >= 4 is 29.4 Å². The zero-order valence-electron chi connectivity index (χ0n) is 17.9. The van der Waals surface area contributed by atoms with Gasteiger partial charge in [-0.3, -0.25) is 4.90 Å². The van der Waals surface area contributed by atoms with E-state index in [0.717, 1.165) is 25.2 Å². The second-order valence-electron chi connectivity index (χ2n) is 6.88. The predicted molar refractivity (Wildman–Crippen MR) is 118 cm³/mol. The van der Waals surface area contributed by atoms with E-state index in [1.807, 2.05) is 6.07 Å². The lowest BCUT2D eigenvalue weighted by atomic mass is 9.81. The molecule has 34 heavy (non-hydrogen) atoms. The molecule has 1 aliphatic rings. The largest absolute Gasteiger partial charge is 0.466 e. The fraction of sp³-hybridized carbons (Fsp3) is 0.174. The van der Waals surface area contributed by atoms with Gasteiger partial charge in [-0.05, 0) is 35.5 Å². The minimum Gasteiger partial charge on any atom is -0.466 e. The molecule has 0 spiro atoms. The van der Waals surface area contributed by atoms with E-state index >= 15 is 0 Å². The molecule has 0 saturated heterocycles. The van der Waals surface area contributed by atoms with Gasteiger partial charge in [0.15, 0.2) is 0 Å². The summed E-state index contributed by atoms with van der Waals surface area (Å²) in [5.41, 5.74) is 1.56. The van der Waals surface area contributed by atoms with Gasteiger partial charge in [0.1, 0.15) is 11.5 Å². The van der Waals surface area contributed by atoms with Crippen molar-refractivity contribution in [3.8, 4) is 6.07 Å². The second kappa shape index (κ2) is 9.93. The smallest absolute Gasteiger partial charge is 0.446 e. The third-order valence-corrected chi connectivity index (χ3v) is 5.64. The second-order valence-corrected chi connectivity index (χ2v) is 8.02. The number of methoxy groups -OCH3 is 2. The molecule has 1 aliphatic heterocycles. The summed E-state index contributed by atoms with van der Waals surface area (Å²) in [5, 5.41) is 9.96. The number of anilines is 1. The third kappa shape index (κ3) is 4.87. The summed E-state index contributed by atoms with van der Waals surface area (Å²) < 4.78 is 48.6. The van der Waals surface area contributed by atoms with Gasteiger partial charge in [-0.2, -0.15) is 18.4 Å². The number of nitriles is 1. The number of ether oxygens (including phenoxy) is 2. The van der Waals surface area contributed by atoms with Gasteiger partial charge in [0.2, 0.25) is 0 Å². The van der Waals surface area contributed by atoms with Gasteiger partial charge < -0.3 is 15.2 Å². The number of carbonyl (C=O) groups is 2. The highest BCUT2D eigenvalue weighted by atomic mass is 32.2. The van der Waals surface area contributed by atoms with E-state index in [1.165, 1.54) is 18.2 Å². The lowest BCUT2D eigenvalue weighted by Crippen LogP contribution is -2.40. The van der Waals surface area contributed by atoms with Crippen LogP contribution in [0.1, 0.15) is 11.5 Å². The van der Waals surface area contributed by atoms with E-state index < -0.39 is 23.4 Å². The fourth-order valence-corrected chi connectivity index (χ4v) is 4.19. The average Bonchev–Trinajstić information content (AvgIpc) is 2.81. The summed E-state index contributed by atoms with van der Waals surface area (Å²) in [4.78, 5) is 26.7. The first-order valence-corrected chi connectivity index (χ1v) is 10.5. The molecular formula is C23H18F3N3O4S. The molecule has 0 aliphatic carbocycles. The minimum absolute atomic E-state index is 0.0211. The maximum atomic E-state index is 12.9. The van der Waals surface area contributed by atoms with Crippen LogP contribution in [0.2, 0.25) is 0 Å². The third-order valence-electron chi connectivity index (χ3n) is 4.92. The van der Waals surface area contributed by atoms with Crippen molar-refractivity contribution in [2.24, 2.45) is 5.73 Å². The zero-order chi connectivity index (χ0) is 25.0. The van der Waals surface area contributed by atoms with Gasteiger partial charge in [-0.25, -0.2) is 9.59 Å². The van der Waals surface area contributed by atoms with Crippen LogP contribution in [-0.2, 0) is 19.1 Å². The molecule has 0 bridgehead atoms. The van der Waals surface area contributed by atoms with Crippen molar-refractivity contribution in [2.75, 3.05) is 19.1 Å². The predicted octanol–water partition coefficient (Wildman–Crippen LogP) is 4.20. The highest BCUT2D eigenvalue weighted by molar-refractivity contribution is 8.00. The number of hydrogen-bond donors (Lipinski definition) is 1. The first-order chi connectivity index (χ1) is 16.1. The molecule has 11 heteroatoms. The highest BCUT2D eigenvalue weighted by Crippen LogP contribution is 2.44. The van der Waals surface area contributed by atoms with Crippen molar-refractivity contribution in [3.05, 3.63) is 82.8 Å². The number of alkyl halides is 3. The van der Waals surface area contributed by atoms with Crippen molar-refractivity contribution in [1.29, 1.82) is 5.26 Å². The number of hydrogen-bond acceptors (Lipinski definition) is 8. The summed E-state index contributed by atoms with van der Waals surface area (Å²) >= 11 is -0.361. The Kier molecular flexibility index (Phi) is 7.22. The van der Waals surface area contributed by atoms with Crippen molar-refractivity contribution in [3.63, 3.8) is 0 Å².